The second-order valence-electron chi connectivity index (χ2n) is 4.54. The third-order valence-electron chi connectivity index (χ3n) is 3.17. The van der Waals surface area contributed by atoms with Crippen molar-refractivity contribution in [1.82, 2.24) is 0 Å². The molecule has 1 aromatic rings. The highest BCUT2D eigenvalue weighted by molar-refractivity contribution is 5.68. The maximum atomic E-state index is 10.8. The third kappa shape index (κ3) is 2.20. The number of aliphatic carboxylic acids is 1. The van der Waals surface area contributed by atoms with Gasteiger partial charge in [0.1, 0.15) is 0 Å². The van der Waals surface area contributed by atoms with E-state index in [4.69, 9.17) is 5.11 Å². The fourth-order valence-corrected chi connectivity index (χ4v) is 2.59. The Hall–Kier alpha value is -1.31. The molecule has 0 aromatic heterocycles. The first kappa shape index (κ1) is 10.2. The number of benzene rings is 1. The van der Waals surface area contributed by atoms with Gasteiger partial charge in [-0.15, -0.1) is 0 Å². The van der Waals surface area contributed by atoms with E-state index < -0.39 is 5.97 Å². The molecule has 0 saturated heterocycles. The summed E-state index contributed by atoms with van der Waals surface area (Å²) in [6.07, 6.45) is 2.36. The molecule has 0 saturated carbocycles. The quantitative estimate of drug-likeness (QED) is 0.804. The van der Waals surface area contributed by atoms with Gasteiger partial charge < -0.3 is 5.11 Å². The van der Waals surface area contributed by atoms with Gasteiger partial charge in [0.2, 0.25) is 0 Å². The van der Waals surface area contributed by atoms with Gasteiger partial charge in [0, 0.05) is 0 Å². The van der Waals surface area contributed by atoms with Crippen molar-refractivity contribution >= 4 is 5.97 Å². The van der Waals surface area contributed by atoms with Crippen molar-refractivity contribution in [3.8, 4) is 0 Å². The molecule has 2 nitrogen and oxygen atoms in total. The first-order valence-electron chi connectivity index (χ1n) is 5.46. The fraction of sp³-hybridized carbons (Fsp3) is 0.462. The molecule has 80 valence electrons. The molecule has 0 aliphatic heterocycles. The number of carboxylic acid groups (broad SMARTS) is 1. The Morgan fingerprint density at radius 2 is 2.20 bits per heavy atom. The van der Waals surface area contributed by atoms with Crippen molar-refractivity contribution in [2.45, 2.75) is 32.1 Å². The molecule has 0 heterocycles. The van der Waals surface area contributed by atoms with Crippen LogP contribution in [0.1, 0.15) is 36.8 Å². The standard InChI is InChI=1S/C13H16O2/c1-9-6-10-4-2-3-5-12(10)11(7-9)8-13(14)15/h2-5,9,11H,6-8H2,1H3,(H,14,15). The predicted molar refractivity (Wildman–Crippen MR) is 58.9 cm³/mol. The number of hydrogen-bond acceptors (Lipinski definition) is 1. The number of fused-ring (bicyclic) bond motifs is 1. The van der Waals surface area contributed by atoms with Gasteiger partial charge in [-0.05, 0) is 35.8 Å². The summed E-state index contributed by atoms with van der Waals surface area (Å²) in [4.78, 5) is 10.8. The van der Waals surface area contributed by atoms with Crippen LogP contribution >= 0.6 is 0 Å². The molecule has 1 aromatic carbocycles. The lowest BCUT2D eigenvalue weighted by molar-refractivity contribution is -0.137. The summed E-state index contributed by atoms with van der Waals surface area (Å²) in [5, 5.41) is 8.88. The van der Waals surface area contributed by atoms with E-state index in [1.54, 1.807) is 0 Å². The molecule has 0 amide bonds. The molecule has 15 heavy (non-hydrogen) atoms. The van der Waals surface area contributed by atoms with Gasteiger partial charge in [0.15, 0.2) is 0 Å². The van der Waals surface area contributed by atoms with Crippen LogP contribution in [-0.4, -0.2) is 11.1 Å². The molecule has 0 spiro atoms. The lowest BCUT2D eigenvalue weighted by Crippen LogP contribution is -2.18. The minimum atomic E-state index is -0.691. The van der Waals surface area contributed by atoms with Crippen molar-refractivity contribution in [3.05, 3.63) is 35.4 Å². The monoisotopic (exact) mass is 204 g/mol. The summed E-state index contributed by atoms with van der Waals surface area (Å²) in [5.74, 6) is 0.121. The van der Waals surface area contributed by atoms with E-state index >= 15 is 0 Å². The van der Waals surface area contributed by atoms with Gasteiger partial charge in [0.25, 0.3) is 0 Å². The van der Waals surface area contributed by atoms with Crippen LogP contribution in [0.2, 0.25) is 0 Å². The topological polar surface area (TPSA) is 37.3 Å². The van der Waals surface area contributed by atoms with E-state index in [9.17, 15) is 4.79 Å². The second kappa shape index (κ2) is 4.05. The van der Waals surface area contributed by atoms with Gasteiger partial charge >= 0.3 is 5.97 Å². The minimum Gasteiger partial charge on any atom is -0.481 e. The summed E-state index contributed by atoms with van der Waals surface area (Å²) >= 11 is 0. The highest BCUT2D eigenvalue weighted by atomic mass is 16.4. The molecule has 1 aliphatic rings. The predicted octanol–water partition coefficient (Wildman–Crippen LogP) is 2.83. The molecule has 0 radical (unpaired) electrons. The van der Waals surface area contributed by atoms with Crippen LogP contribution in [0.15, 0.2) is 24.3 Å². The Kier molecular flexibility index (Phi) is 2.76. The van der Waals surface area contributed by atoms with Crippen LogP contribution in [0.5, 0.6) is 0 Å². The zero-order chi connectivity index (χ0) is 10.8. The van der Waals surface area contributed by atoms with Gasteiger partial charge in [-0.1, -0.05) is 31.2 Å². The van der Waals surface area contributed by atoms with E-state index in [0.717, 1.165) is 12.8 Å². The summed E-state index contributed by atoms with van der Waals surface area (Å²) in [5.41, 5.74) is 2.58. The SMILES string of the molecule is CC1Cc2ccccc2C(CC(=O)O)C1. The van der Waals surface area contributed by atoms with Crippen LogP contribution in [-0.2, 0) is 11.2 Å². The summed E-state index contributed by atoms with van der Waals surface area (Å²) < 4.78 is 0. The molecular weight excluding hydrogens is 188 g/mol. The molecule has 2 atom stereocenters. The Morgan fingerprint density at radius 3 is 2.93 bits per heavy atom. The van der Waals surface area contributed by atoms with Crippen LogP contribution in [0.4, 0.5) is 0 Å². The second-order valence-corrected chi connectivity index (χ2v) is 4.54. The molecule has 1 N–H and O–H groups in total. The Morgan fingerprint density at radius 1 is 1.47 bits per heavy atom. The van der Waals surface area contributed by atoms with E-state index in [1.807, 2.05) is 12.1 Å². The molecule has 2 unspecified atom stereocenters. The lowest BCUT2D eigenvalue weighted by Gasteiger charge is -2.28. The summed E-state index contributed by atoms with van der Waals surface area (Å²) in [7, 11) is 0. The zero-order valence-corrected chi connectivity index (χ0v) is 8.94. The van der Waals surface area contributed by atoms with Crippen molar-refractivity contribution in [2.75, 3.05) is 0 Å². The highest BCUT2D eigenvalue weighted by Gasteiger charge is 2.25. The lowest BCUT2D eigenvalue weighted by atomic mass is 9.76. The molecular formula is C13H16O2. The van der Waals surface area contributed by atoms with Crippen LogP contribution in [0.25, 0.3) is 0 Å². The Labute approximate surface area is 89.9 Å². The zero-order valence-electron chi connectivity index (χ0n) is 8.94. The largest absolute Gasteiger partial charge is 0.481 e. The van der Waals surface area contributed by atoms with Gasteiger partial charge in [-0.2, -0.15) is 0 Å². The van der Waals surface area contributed by atoms with Crippen molar-refractivity contribution in [2.24, 2.45) is 5.92 Å². The Balaban J connectivity index is 2.29. The van der Waals surface area contributed by atoms with E-state index in [0.29, 0.717) is 5.92 Å². The number of carbonyl (C=O) groups is 1. The van der Waals surface area contributed by atoms with Crippen LogP contribution < -0.4 is 0 Å². The highest BCUT2D eigenvalue weighted by Crippen LogP contribution is 2.36. The van der Waals surface area contributed by atoms with E-state index in [2.05, 4.69) is 19.1 Å². The van der Waals surface area contributed by atoms with Gasteiger partial charge in [0.05, 0.1) is 6.42 Å². The first-order chi connectivity index (χ1) is 7.16. The molecule has 2 heteroatoms. The summed E-state index contributed by atoms with van der Waals surface area (Å²) in [6, 6.07) is 8.24. The van der Waals surface area contributed by atoms with E-state index in [-0.39, 0.29) is 12.3 Å². The minimum absolute atomic E-state index is 0.211. The smallest absolute Gasteiger partial charge is 0.303 e. The van der Waals surface area contributed by atoms with Crippen LogP contribution in [0.3, 0.4) is 0 Å². The molecule has 0 fully saturated rings. The maximum absolute atomic E-state index is 10.8. The molecule has 2 rings (SSSR count). The first-order valence-corrected chi connectivity index (χ1v) is 5.46. The van der Waals surface area contributed by atoms with E-state index in [1.165, 1.54) is 11.1 Å². The van der Waals surface area contributed by atoms with Crippen molar-refractivity contribution < 1.29 is 9.90 Å². The van der Waals surface area contributed by atoms with Gasteiger partial charge in [-0.25, -0.2) is 0 Å². The van der Waals surface area contributed by atoms with Crippen molar-refractivity contribution in [1.29, 1.82) is 0 Å². The molecule has 1 aliphatic carbocycles. The normalized spacial score (nSPS) is 24.6. The number of carboxylic acids is 1. The maximum Gasteiger partial charge on any atom is 0.303 e. The summed E-state index contributed by atoms with van der Waals surface area (Å²) in [6.45, 7) is 2.20. The number of rotatable bonds is 2. The molecule has 0 bridgehead atoms. The average molecular weight is 204 g/mol. The van der Waals surface area contributed by atoms with Gasteiger partial charge in [-0.3, -0.25) is 4.79 Å². The fourth-order valence-electron chi connectivity index (χ4n) is 2.59. The van der Waals surface area contributed by atoms with Crippen LogP contribution in [0, 0.1) is 5.92 Å². The van der Waals surface area contributed by atoms with Crippen molar-refractivity contribution in [3.63, 3.8) is 0 Å². The Bertz CT molecular complexity index is 371. The number of hydrogen-bond donors (Lipinski definition) is 1. The average Bonchev–Trinajstić information content (AvgIpc) is 2.16. The third-order valence-corrected chi connectivity index (χ3v) is 3.17.